The Bertz CT molecular complexity index is 352. The molecule has 2 nitrogen and oxygen atoms in total. The predicted octanol–water partition coefficient (Wildman–Crippen LogP) is 1.61. The highest BCUT2D eigenvalue weighted by atomic mass is 16.3. The predicted molar refractivity (Wildman–Crippen MR) is 64.5 cm³/mol. The van der Waals surface area contributed by atoms with E-state index < -0.39 is 0 Å². The van der Waals surface area contributed by atoms with E-state index in [4.69, 9.17) is 0 Å². The first-order valence-corrected chi connectivity index (χ1v) is 6.32. The molecule has 86 valence electrons. The molecule has 3 rings (SSSR count). The number of benzene rings is 1. The van der Waals surface area contributed by atoms with Crippen LogP contribution in [0.5, 0.6) is 0 Å². The quantitative estimate of drug-likeness (QED) is 0.772. The fraction of sp³-hybridized carbons (Fsp3) is 0.571. The third-order valence-electron chi connectivity index (χ3n) is 3.97. The summed E-state index contributed by atoms with van der Waals surface area (Å²) in [5, 5.41) is 9.72. The minimum atomic E-state index is -0.0996. The number of hydrogen-bond donors (Lipinski definition) is 1. The van der Waals surface area contributed by atoms with Gasteiger partial charge in [-0.25, -0.2) is 0 Å². The second-order valence-corrected chi connectivity index (χ2v) is 5.12. The summed E-state index contributed by atoms with van der Waals surface area (Å²) in [6.07, 6.45) is 4.37. The maximum Gasteiger partial charge on any atom is 0.0667 e. The Balaban J connectivity index is 1.71. The van der Waals surface area contributed by atoms with E-state index in [2.05, 4.69) is 29.2 Å². The molecule has 0 radical (unpaired) electrons. The monoisotopic (exact) mass is 217 g/mol. The summed E-state index contributed by atoms with van der Waals surface area (Å²) in [6.45, 7) is 2.04. The molecule has 1 unspecified atom stereocenters. The van der Waals surface area contributed by atoms with Crippen LogP contribution in [0, 0.1) is 0 Å². The van der Waals surface area contributed by atoms with Gasteiger partial charge in [0.15, 0.2) is 0 Å². The van der Waals surface area contributed by atoms with E-state index >= 15 is 0 Å². The van der Waals surface area contributed by atoms with Crippen LogP contribution in [0.15, 0.2) is 24.3 Å². The number of fused-ring (bicyclic) bond motifs is 1. The van der Waals surface area contributed by atoms with Crippen LogP contribution >= 0.6 is 0 Å². The lowest BCUT2D eigenvalue weighted by molar-refractivity contribution is 0.0487. The van der Waals surface area contributed by atoms with Crippen molar-refractivity contribution in [1.29, 1.82) is 0 Å². The van der Waals surface area contributed by atoms with Gasteiger partial charge in [-0.15, -0.1) is 0 Å². The van der Waals surface area contributed by atoms with Crippen molar-refractivity contribution in [3.63, 3.8) is 0 Å². The molecule has 1 saturated heterocycles. The average molecular weight is 217 g/mol. The van der Waals surface area contributed by atoms with Gasteiger partial charge in [0.25, 0.3) is 0 Å². The van der Waals surface area contributed by atoms with E-state index in [0.29, 0.717) is 6.04 Å². The van der Waals surface area contributed by atoms with Crippen molar-refractivity contribution in [3.05, 3.63) is 35.4 Å². The Morgan fingerprint density at radius 1 is 1.12 bits per heavy atom. The van der Waals surface area contributed by atoms with Gasteiger partial charge in [-0.05, 0) is 43.4 Å². The molecule has 0 spiro atoms. The van der Waals surface area contributed by atoms with Gasteiger partial charge in [-0.3, -0.25) is 4.90 Å². The van der Waals surface area contributed by atoms with E-state index in [-0.39, 0.29) is 6.10 Å². The molecule has 1 aromatic carbocycles. The first-order valence-electron chi connectivity index (χ1n) is 6.32. The molecule has 1 aliphatic heterocycles. The van der Waals surface area contributed by atoms with Crippen LogP contribution in [0.1, 0.15) is 24.0 Å². The lowest BCUT2D eigenvalue weighted by atomic mass is 10.0. The molecule has 1 aliphatic carbocycles. The molecular weight excluding hydrogens is 198 g/mol. The molecule has 1 N–H and O–H groups in total. The number of nitrogens with zero attached hydrogens (tertiary/aromatic N) is 1. The van der Waals surface area contributed by atoms with Crippen molar-refractivity contribution in [1.82, 2.24) is 4.90 Å². The zero-order valence-electron chi connectivity index (χ0n) is 9.60. The van der Waals surface area contributed by atoms with Gasteiger partial charge >= 0.3 is 0 Å². The molecule has 1 aromatic rings. The summed E-state index contributed by atoms with van der Waals surface area (Å²) >= 11 is 0. The van der Waals surface area contributed by atoms with Crippen molar-refractivity contribution in [2.45, 2.75) is 37.8 Å². The van der Waals surface area contributed by atoms with E-state index in [1.165, 1.54) is 24.0 Å². The van der Waals surface area contributed by atoms with E-state index in [1.807, 2.05) is 0 Å². The van der Waals surface area contributed by atoms with Crippen molar-refractivity contribution < 1.29 is 5.11 Å². The standard InChI is InChI=1S/C14H19NO/c16-14-6-3-7-15(10-14)13-8-11-4-1-2-5-12(11)9-13/h1-2,4-5,13-14,16H,3,6-10H2. The fourth-order valence-electron chi connectivity index (χ4n) is 3.11. The van der Waals surface area contributed by atoms with Crippen LogP contribution < -0.4 is 0 Å². The molecule has 0 bridgehead atoms. The van der Waals surface area contributed by atoms with E-state index in [9.17, 15) is 5.11 Å². The van der Waals surface area contributed by atoms with Crippen LogP contribution in [0.3, 0.4) is 0 Å². The van der Waals surface area contributed by atoms with Crippen molar-refractivity contribution >= 4 is 0 Å². The van der Waals surface area contributed by atoms with Crippen molar-refractivity contribution in [3.8, 4) is 0 Å². The third kappa shape index (κ3) is 1.87. The summed E-state index contributed by atoms with van der Waals surface area (Å²) < 4.78 is 0. The van der Waals surface area contributed by atoms with Crippen LogP contribution in [0.2, 0.25) is 0 Å². The number of aliphatic hydroxyl groups excluding tert-OH is 1. The van der Waals surface area contributed by atoms with Crippen molar-refractivity contribution in [2.24, 2.45) is 0 Å². The van der Waals surface area contributed by atoms with Crippen LogP contribution in [0.4, 0.5) is 0 Å². The van der Waals surface area contributed by atoms with Gasteiger partial charge in [0.1, 0.15) is 0 Å². The maximum absolute atomic E-state index is 9.72. The highest BCUT2D eigenvalue weighted by Gasteiger charge is 2.29. The summed E-state index contributed by atoms with van der Waals surface area (Å²) in [5.74, 6) is 0. The second-order valence-electron chi connectivity index (χ2n) is 5.12. The largest absolute Gasteiger partial charge is 0.392 e. The molecule has 0 amide bonds. The molecule has 16 heavy (non-hydrogen) atoms. The Labute approximate surface area is 96.9 Å². The lowest BCUT2D eigenvalue weighted by Gasteiger charge is -2.34. The summed E-state index contributed by atoms with van der Waals surface area (Å²) in [4.78, 5) is 2.48. The Morgan fingerprint density at radius 2 is 1.81 bits per heavy atom. The zero-order chi connectivity index (χ0) is 11.0. The van der Waals surface area contributed by atoms with Gasteiger partial charge in [-0.1, -0.05) is 24.3 Å². The number of aliphatic hydroxyl groups is 1. The molecule has 0 saturated carbocycles. The van der Waals surface area contributed by atoms with Gasteiger partial charge in [0.2, 0.25) is 0 Å². The van der Waals surface area contributed by atoms with E-state index in [1.54, 1.807) is 0 Å². The summed E-state index contributed by atoms with van der Waals surface area (Å²) in [6, 6.07) is 9.39. The summed E-state index contributed by atoms with van der Waals surface area (Å²) in [7, 11) is 0. The minimum Gasteiger partial charge on any atom is -0.392 e. The number of rotatable bonds is 1. The van der Waals surface area contributed by atoms with Gasteiger partial charge in [0, 0.05) is 12.6 Å². The molecule has 1 fully saturated rings. The number of β-amino-alcohol motifs (C(OH)–C–C–N with tert-alkyl or cyclic N) is 1. The highest BCUT2D eigenvalue weighted by molar-refractivity contribution is 5.33. The number of likely N-dealkylation sites (tertiary alicyclic amines) is 1. The number of hydrogen-bond acceptors (Lipinski definition) is 2. The van der Waals surface area contributed by atoms with Gasteiger partial charge < -0.3 is 5.11 Å². The SMILES string of the molecule is OC1CCCN(C2Cc3ccccc3C2)C1. The fourth-order valence-corrected chi connectivity index (χ4v) is 3.11. The highest BCUT2D eigenvalue weighted by Crippen LogP contribution is 2.27. The zero-order valence-corrected chi connectivity index (χ0v) is 9.60. The lowest BCUT2D eigenvalue weighted by Crippen LogP contribution is -2.45. The second kappa shape index (κ2) is 4.19. The minimum absolute atomic E-state index is 0.0996. The first kappa shape index (κ1) is 10.3. The first-order chi connectivity index (χ1) is 7.83. The topological polar surface area (TPSA) is 23.5 Å². The Kier molecular flexibility index (Phi) is 2.70. The summed E-state index contributed by atoms with van der Waals surface area (Å²) in [5.41, 5.74) is 3.01. The van der Waals surface area contributed by atoms with Gasteiger partial charge in [-0.2, -0.15) is 0 Å². The van der Waals surface area contributed by atoms with Gasteiger partial charge in [0.05, 0.1) is 6.10 Å². The van der Waals surface area contributed by atoms with E-state index in [0.717, 1.165) is 25.9 Å². The Morgan fingerprint density at radius 3 is 2.44 bits per heavy atom. The molecule has 2 heteroatoms. The molecule has 1 atom stereocenters. The van der Waals surface area contributed by atoms with Crippen LogP contribution in [-0.2, 0) is 12.8 Å². The molecule has 1 heterocycles. The Hall–Kier alpha value is -0.860. The average Bonchev–Trinajstić information content (AvgIpc) is 2.72. The molecule has 0 aromatic heterocycles. The van der Waals surface area contributed by atoms with Crippen LogP contribution in [-0.4, -0.2) is 35.2 Å². The van der Waals surface area contributed by atoms with Crippen LogP contribution in [0.25, 0.3) is 0 Å². The normalized spacial score (nSPS) is 26.9. The molecule has 2 aliphatic rings. The smallest absolute Gasteiger partial charge is 0.0667 e. The molecular formula is C14H19NO. The number of piperidine rings is 1. The third-order valence-corrected chi connectivity index (χ3v) is 3.97. The maximum atomic E-state index is 9.72. The van der Waals surface area contributed by atoms with Crippen molar-refractivity contribution in [2.75, 3.05) is 13.1 Å².